The number of aromatic nitrogens is 1. The quantitative estimate of drug-likeness (QED) is 0.894. The van der Waals surface area contributed by atoms with E-state index >= 15 is 0 Å². The van der Waals surface area contributed by atoms with Crippen LogP contribution in [0.5, 0.6) is 0 Å². The molecule has 3 nitrogen and oxygen atoms in total. The fraction of sp³-hybridized carbons (Fsp3) is 0.583. The van der Waals surface area contributed by atoms with E-state index in [0.29, 0.717) is 12.1 Å². The van der Waals surface area contributed by atoms with Crippen molar-refractivity contribution in [2.24, 2.45) is 5.73 Å². The van der Waals surface area contributed by atoms with Gasteiger partial charge >= 0.3 is 0 Å². The lowest BCUT2D eigenvalue weighted by Crippen LogP contribution is -2.37. The molecule has 1 aromatic heterocycles. The highest BCUT2D eigenvalue weighted by Gasteiger charge is 2.17. The molecule has 0 atom stereocenters. The minimum atomic E-state index is 0.422. The molecule has 1 aromatic rings. The predicted molar refractivity (Wildman–Crippen MR) is 69.0 cm³/mol. The normalized spacial score (nSPS) is 25.6. The molecule has 0 saturated heterocycles. The van der Waals surface area contributed by atoms with Crippen molar-refractivity contribution in [2.75, 3.05) is 0 Å². The van der Waals surface area contributed by atoms with Crippen molar-refractivity contribution in [3.05, 3.63) is 28.5 Å². The summed E-state index contributed by atoms with van der Waals surface area (Å²) in [6.07, 6.45) is 8.41. The molecule has 0 spiro atoms. The van der Waals surface area contributed by atoms with Gasteiger partial charge in [0.05, 0.1) is 0 Å². The van der Waals surface area contributed by atoms with Gasteiger partial charge in [-0.1, -0.05) is 0 Å². The molecule has 1 aliphatic rings. The molecular weight excluding hydrogens is 266 g/mol. The predicted octanol–water partition coefficient (Wildman–Crippen LogP) is 2.20. The van der Waals surface area contributed by atoms with E-state index in [-0.39, 0.29) is 0 Å². The minimum absolute atomic E-state index is 0.422. The average Bonchev–Trinajstić information content (AvgIpc) is 2.28. The van der Waals surface area contributed by atoms with Crippen molar-refractivity contribution < 1.29 is 0 Å². The summed E-state index contributed by atoms with van der Waals surface area (Å²) < 4.78 is 1.04. The van der Waals surface area contributed by atoms with Crippen molar-refractivity contribution in [3.63, 3.8) is 0 Å². The van der Waals surface area contributed by atoms with Crippen LogP contribution in [0.3, 0.4) is 0 Å². The third kappa shape index (κ3) is 3.54. The summed E-state index contributed by atoms with van der Waals surface area (Å²) in [7, 11) is 0. The second-order valence-electron chi connectivity index (χ2n) is 4.50. The zero-order chi connectivity index (χ0) is 11.4. The molecule has 0 amide bonds. The van der Waals surface area contributed by atoms with E-state index in [1.165, 1.54) is 18.4 Å². The third-order valence-electron chi connectivity index (χ3n) is 3.13. The number of hydrogen-bond acceptors (Lipinski definition) is 3. The van der Waals surface area contributed by atoms with Gasteiger partial charge in [0.25, 0.3) is 0 Å². The molecule has 0 aliphatic heterocycles. The van der Waals surface area contributed by atoms with Crippen LogP contribution in [0.25, 0.3) is 0 Å². The fourth-order valence-electron chi connectivity index (χ4n) is 2.14. The number of halogens is 1. The number of hydrogen-bond donors (Lipinski definition) is 2. The van der Waals surface area contributed by atoms with E-state index < -0.39 is 0 Å². The Kier molecular flexibility index (Phi) is 4.32. The van der Waals surface area contributed by atoms with Crippen LogP contribution in [-0.4, -0.2) is 17.1 Å². The number of rotatable bonds is 3. The first kappa shape index (κ1) is 12.0. The zero-order valence-electron chi connectivity index (χ0n) is 9.32. The maximum absolute atomic E-state index is 5.88. The largest absolute Gasteiger partial charge is 0.328 e. The van der Waals surface area contributed by atoms with Crippen molar-refractivity contribution in [3.8, 4) is 0 Å². The molecule has 88 valence electrons. The Morgan fingerprint density at radius 3 is 2.75 bits per heavy atom. The minimum Gasteiger partial charge on any atom is -0.328 e. The van der Waals surface area contributed by atoms with Crippen molar-refractivity contribution in [1.82, 2.24) is 10.3 Å². The number of nitrogens with two attached hydrogens (primary N) is 1. The van der Waals surface area contributed by atoms with Crippen molar-refractivity contribution in [2.45, 2.75) is 44.3 Å². The van der Waals surface area contributed by atoms with E-state index in [2.05, 4.69) is 32.3 Å². The summed E-state index contributed by atoms with van der Waals surface area (Å²) in [5.74, 6) is 0. The van der Waals surface area contributed by atoms with E-state index in [1.807, 2.05) is 12.4 Å². The molecule has 1 heterocycles. The third-order valence-corrected chi connectivity index (χ3v) is 3.56. The van der Waals surface area contributed by atoms with E-state index in [1.54, 1.807) is 0 Å². The summed E-state index contributed by atoms with van der Waals surface area (Å²) in [5.41, 5.74) is 7.11. The van der Waals surface area contributed by atoms with Gasteiger partial charge in [-0.15, -0.1) is 0 Å². The Balaban J connectivity index is 1.79. The summed E-state index contributed by atoms with van der Waals surface area (Å²) in [6.45, 7) is 0.895. The first-order valence-electron chi connectivity index (χ1n) is 5.82. The first-order chi connectivity index (χ1) is 7.74. The van der Waals surface area contributed by atoms with E-state index in [4.69, 9.17) is 5.73 Å². The molecule has 1 aliphatic carbocycles. The van der Waals surface area contributed by atoms with Gasteiger partial charge < -0.3 is 11.1 Å². The molecule has 4 heteroatoms. The van der Waals surface area contributed by atoms with Gasteiger partial charge in [-0.2, -0.15) is 0 Å². The van der Waals surface area contributed by atoms with Crippen LogP contribution in [0, 0.1) is 0 Å². The molecule has 0 radical (unpaired) electrons. The number of pyridine rings is 1. The Hall–Kier alpha value is -0.450. The number of nitrogens with one attached hydrogen (secondary N) is 1. The Morgan fingerprint density at radius 2 is 2.06 bits per heavy atom. The molecule has 0 unspecified atom stereocenters. The van der Waals surface area contributed by atoms with Gasteiger partial charge in [-0.05, 0) is 53.2 Å². The van der Waals surface area contributed by atoms with Crippen LogP contribution < -0.4 is 11.1 Å². The first-order valence-corrected chi connectivity index (χ1v) is 6.62. The molecule has 1 fully saturated rings. The highest BCUT2D eigenvalue weighted by atomic mass is 79.9. The topological polar surface area (TPSA) is 50.9 Å². The molecule has 0 bridgehead atoms. The van der Waals surface area contributed by atoms with Crippen molar-refractivity contribution in [1.29, 1.82) is 0 Å². The zero-order valence-corrected chi connectivity index (χ0v) is 10.9. The summed E-state index contributed by atoms with van der Waals surface area (Å²) >= 11 is 3.43. The van der Waals surface area contributed by atoms with Gasteiger partial charge in [-0.3, -0.25) is 4.98 Å². The van der Waals surface area contributed by atoms with Gasteiger partial charge in [0, 0.05) is 35.5 Å². The van der Waals surface area contributed by atoms with Crippen LogP contribution in [0.2, 0.25) is 0 Å². The SMILES string of the molecule is NC1CCC(NCc2cncc(Br)c2)CC1. The van der Waals surface area contributed by atoms with Gasteiger partial charge in [0.15, 0.2) is 0 Å². The molecular formula is C12H18BrN3. The van der Waals surface area contributed by atoms with Crippen molar-refractivity contribution >= 4 is 15.9 Å². The van der Waals surface area contributed by atoms with Crippen LogP contribution in [0.15, 0.2) is 22.9 Å². The maximum Gasteiger partial charge on any atom is 0.0410 e. The second kappa shape index (κ2) is 5.75. The Labute approximate surface area is 105 Å². The summed E-state index contributed by atoms with van der Waals surface area (Å²) in [5, 5.41) is 3.57. The molecule has 0 aromatic carbocycles. The van der Waals surface area contributed by atoms with E-state index in [0.717, 1.165) is 23.9 Å². The molecule has 16 heavy (non-hydrogen) atoms. The van der Waals surface area contributed by atoms with Crippen LogP contribution in [0.1, 0.15) is 31.2 Å². The second-order valence-corrected chi connectivity index (χ2v) is 5.42. The molecule has 2 rings (SSSR count). The number of nitrogens with zero attached hydrogens (tertiary/aromatic N) is 1. The lowest BCUT2D eigenvalue weighted by Gasteiger charge is -2.26. The monoisotopic (exact) mass is 283 g/mol. The highest BCUT2D eigenvalue weighted by molar-refractivity contribution is 9.10. The van der Waals surface area contributed by atoms with Gasteiger partial charge in [-0.25, -0.2) is 0 Å². The molecule has 3 N–H and O–H groups in total. The Bertz CT molecular complexity index is 335. The lowest BCUT2D eigenvalue weighted by atomic mass is 9.92. The Morgan fingerprint density at radius 1 is 1.31 bits per heavy atom. The van der Waals surface area contributed by atoms with E-state index in [9.17, 15) is 0 Å². The summed E-state index contributed by atoms with van der Waals surface area (Å²) in [4.78, 5) is 4.15. The van der Waals surface area contributed by atoms with Crippen LogP contribution in [0.4, 0.5) is 0 Å². The smallest absolute Gasteiger partial charge is 0.0410 e. The molecule has 1 saturated carbocycles. The van der Waals surface area contributed by atoms with Crippen LogP contribution in [-0.2, 0) is 6.54 Å². The van der Waals surface area contributed by atoms with Crippen LogP contribution >= 0.6 is 15.9 Å². The lowest BCUT2D eigenvalue weighted by molar-refractivity contribution is 0.341. The van der Waals surface area contributed by atoms with Gasteiger partial charge in [0.1, 0.15) is 0 Å². The standard InChI is InChI=1S/C12H18BrN3/c13-10-5-9(6-15-8-10)7-16-12-3-1-11(14)2-4-12/h5-6,8,11-12,16H,1-4,7,14H2. The van der Waals surface area contributed by atoms with Gasteiger partial charge in [0.2, 0.25) is 0 Å². The highest BCUT2D eigenvalue weighted by Crippen LogP contribution is 2.17. The fourth-order valence-corrected chi connectivity index (χ4v) is 2.55. The maximum atomic E-state index is 5.88. The summed E-state index contributed by atoms with van der Waals surface area (Å²) in [6, 6.07) is 3.15. The average molecular weight is 284 g/mol.